The first-order valence-electron chi connectivity index (χ1n) is 9.50. The van der Waals surface area contributed by atoms with Gasteiger partial charge in [-0.25, -0.2) is 4.98 Å². The van der Waals surface area contributed by atoms with Crippen LogP contribution in [-0.2, 0) is 11.2 Å². The highest BCUT2D eigenvalue weighted by molar-refractivity contribution is 5.78. The van der Waals surface area contributed by atoms with Crippen LogP contribution < -0.4 is 5.56 Å². The van der Waals surface area contributed by atoms with Crippen LogP contribution in [0.4, 0.5) is 0 Å². The summed E-state index contributed by atoms with van der Waals surface area (Å²) in [4.78, 5) is 36.1. The third-order valence-electron chi connectivity index (χ3n) is 5.40. The second kappa shape index (κ2) is 7.68. The molecule has 2 heterocycles. The number of carbonyl (C=O) groups excluding carboxylic acids is 1. The van der Waals surface area contributed by atoms with Gasteiger partial charge in [0.25, 0.3) is 5.56 Å². The average molecular weight is 346 g/mol. The van der Waals surface area contributed by atoms with Gasteiger partial charge in [-0.1, -0.05) is 13.8 Å². The highest BCUT2D eigenvalue weighted by Crippen LogP contribution is 2.31. The Morgan fingerprint density at radius 3 is 2.76 bits per heavy atom. The van der Waals surface area contributed by atoms with Gasteiger partial charge in [0.15, 0.2) is 0 Å². The van der Waals surface area contributed by atoms with Crippen molar-refractivity contribution in [1.29, 1.82) is 0 Å². The van der Waals surface area contributed by atoms with Gasteiger partial charge >= 0.3 is 0 Å². The molecule has 138 valence electrons. The van der Waals surface area contributed by atoms with Crippen molar-refractivity contribution in [2.75, 3.05) is 26.2 Å². The third kappa shape index (κ3) is 4.69. The Balaban J connectivity index is 1.68. The van der Waals surface area contributed by atoms with Crippen LogP contribution in [-0.4, -0.2) is 57.9 Å². The summed E-state index contributed by atoms with van der Waals surface area (Å²) < 4.78 is 0. The van der Waals surface area contributed by atoms with Crippen molar-refractivity contribution >= 4 is 5.91 Å². The number of aryl methyl sites for hydroxylation is 1. The van der Waals surface area contributed by atoms with Gasteiger partial charge in [0, 0.05) is 44.0 Å². The molecule has 6 nitrogen and oxygen atoms in total. The second-order valence-corrected chi connectivity index (χ2v) is 7.94. The van der Waals surface area contributed by atoms with E-state index in [1.165, 1.54) is 25.6 Å². The Kier molecular flexibility index (Phi) is 5.57. The van der Waals surface area contributed by atoms with Crippen molar-refractivity contribution in [3.05, 3.63) is 27.9 Å². The number of H-pyrrole nitrogens is 1. The van der Waals surface area contributed by atoms with Crippen molar-refractivity contribution in [3.8, 4) is 0 Å². The number of nitrogens with zero attached hydrogens (tertiary/aromatic N) is 3. The summed E-state index contributed by atoms with van der Waals surface area (Å²) in [5, 5.41) is 0. The molecule has 0 radical (unpaired) electrons. The fourth-order valence-corrected chi connectivity index (χ4v) is 3.69. The maximum Gasteiger partial charge on any atom is 0.254 e. The molecule has 2 aliphatic rings. The van der Waals surface area contributed by atoms with E-state index in [2.05, 4.69) is 28.7 Å². The van der Waals surface area contributed by atoms with E-state index in [1.54, 1.807) is 6.92 Å². The zero-order valence-corrected chi connectivity index (χ0v) is 15.6. The van der Waals surface area contributed by atoms with E-state index in [0.29, 0.717) is 23.3 Å². The molecule has 0 bridgehead atoms. The van der Waals surface area contributed by atoms with E-state index in [0.717, 1.165) is 32.0 Å². The number of aromatic nitrogens is 2. The molecule has 1 aromatic heterocycles. The van der Waals surface area contributed by atoms with Crippen LogP contribution in [0, 0.1) is 18.8 Å². The summed E-state index contributed by atoms with van der Waals surface area (Å²) in [7, 11) is 0. The fraction of sp³-hybridized carbons (Fsp3) is 0.737. The number of carbonyl (C=O) groups is 1. The summed E-state index contributed by atoms with van der Waals surface area (Å²) in [6, 6.07) is 0.404. The molecule has 0 unspecified atom stereocenters. The van der Waals surface area contributed by atoms with Crippen LogP contribution in [0.3, 0.4) is 0 Å². The molecule has 1 aliphatic heterocycles. The molecule has 0 spiro atoms. The molecule has 1 amide bonds. The number of rotatable bonds is 5. The van der Waals surface area contributed by atoms with E-state index in [1.807, 2.05) is 4.90 Å². The molecule has 1 N–H and O–H groups in total. The molecule has 0 aromatic carbocycles. The molecule has 1 aromatic rings. The highest BCUT2D eigenvalue weighted by atomic mass is 16.2. The quantitative estimate of drug-likeness (QED) is 0.879. The van der Waals surface area contributed by atoms with E-state index in [-0.39, 0.29) is 17.9 Å². The summed E-state index contributed by atoms with van der Waals surface area (Å²) in [6.07, 6.45) is 5.38. The molecule has 1 aliphatic carbocycles. The summed E-state index contributed by atoms with van der Waals surface area (Å²) in [5.41, 5.74) is 0.252. The van der Waals surface area contributed by atoms with E-state index in [9.17, 15) is 9.59 Å². The summed E-state index contributed by atoms with van der Waals surface area (Å²) >= 11 is 0. The first-order valence-corrected chi connectivity index (χ1v) is 9.50. The minimum atomic E-state index is -0.202. The predicted molar refractivity (Wildman–Crippen MR) is 97.4 cm³/mol. The van der Waals surface area contributed by atoms with E-state index in [4.69, 9.17) is 0 Å². The minimum Gasteiger partial charge on any atom is -0.341 e. The molecule has 2 fully saturated rings. The second-order valence-electron chi connectivity index (χ2n) is 7.94. The number of nitrogens with one attached hydrogen (secondary N) is 1. The minimum absolute atomic E-state index is 0.0371. The molecule has 1 atom stereocenters. The van der Waals surface area contributed by atoms with Gasteiger partial charge in [0.2, 0.25) is 5.91 Å². The molecular weight excluding hydrogens is 316 g/mol. The smallest absolute Gasteiger partial charge is 0.254 e. The lowest BCUT2D eigenvalue weighted by molar-refractivity contribution is -0.131. The summed E-state index contributed by atoms with van der Waals surface area (Å²) in [6.45, 7) is 10.0. The SMILES string of the molecule is Cc1ncc(CC(=O)N2CCCN(CC3CC3)[C@@H](C(C)C)C2)c(=O)[nH]1. The summed E-state index contributed by atoms with van der Waals surface area (Å²) in [5.74, 6) is 1.99. The lowest BCUT2D eigenvalue weighted by Crippen LogP contribution is -2.47. The third-order valence-corrected chi connectivity index (χ3v) is 5.40. The van der Waals surface area contributed by atoms with Gasteiger partial charge in [0.1, 0.15) is 5.82 Å². The zero-order valence-electron chi connectivity index (χ0n) is 15.6. The van der Waals surface area contributed by atoms with Crippen molar-refractivity contribution in [3.63, 3.8) is 0 Å². The Bertz CT molecular complexity index is 666. The maximum atomic E-state index is 12.8. The van der Waals surface area contributed by atoms with Gasteiger partial charge in [-0.15, -0.1) is 0 Å². The molecule has 1 saturated carbocycles. The number of hydrogen-bond donors (Lipinski definition) is 1. The zero-order chi connectivity index (χ0) is 18.0. The first-order chi connectivity index (χ1) is 11.9. The Hall–Kier alpha value is -1.69. The average Bonchev–Trinajstić information content (AvgIpc) is 3.37. The lowest BCUT2D eigenvalue weighted by Gasteiger charge is -2.34. The standard InChI is InChI=1S/C19H30N4O2/c1-13(2)17-12-23(8-4-7-22(17)11-15-5-6-15)18(24)9-16-10-20-14(3)21-19(16)25/h10,13,15,17H,4-9,11-12H2,1-3H3,(H,20,21,25)/t17-/m1/s1. The van der Waals surface area contributed by atoms with Gasteiger partial charge in [-0.05, 0) is 38.0 Å². The number of hydrogen-bond acceptors (Lipinski definition) is 4. The Morgan fingerprint density at radius 1 is 1.36 bits per heavy atom. The van der Waals surface area contributed by atoms with Gasteiger partial charge < -0.3 is 9.88 Å². The van der Waals surface area contributed by atoms with Crippen molar-refractivity contribution in [1.82, 2.24) is 19.8 Å². The maximum absolute atomic E-state index is 12.8. The molecule has 6 heteroatoms. The van der Waals surface area contributed by atoms with Crippen LogP contribution in [0.1, 0.15) is 44.5 Å². The van der Waals surface area contributed by atoms with Gasteiger partial charge in [-0.3, -0.25) is 14.5 Å². The predicted octanol–water partition coefficient (Wildman–Crippen LogP) is 1.59. The molecule has 3 rings (SSSR count). The number of aromatic amines is 1. The van der Waals surface area contributed by atoms with Crippen LogP contribution in [0.2, 0.25) is 0 Å². The Labute approximate surface area is 149 Å². The van der Waals surface area contributed by atoms with Crippen molar-refractivity contribution < 1.29 is 4.79 Å². The monoisotopic (exact) mass is 346 g/mol. The molecule has 25 heavy (non-hydrogen) atoms. The van der Waals surface area contributed by atoms with Crippen LogP contribution in [0.25, 0.3) is 0 Å². The Morgan fingerprint density at radius 2 is 2.12 bits per heavy atom. The van der Waals surface area contributed by atoms with Gasteiger partial charge in [0.05, 0.1) is 6.42 Å². The number of amides is 1. The van der Waals surface area contributed by atoms with Crippen LogP contribution in [0.5, 0.6) is 0 Å². The topological polar surface area (TPSA) is 69.3 Å². The molecule has 1 saturated heterocycles. The largest absolute Gasteiger partial charge is 0.341 e. The van der Waals surface area contributed by atoms with E-state index < -0.39 is 0 Å². The lowest BCUT2D eigenvalue weighted by atomic mass is 10.0. The highest BCUT2D eigenvalue weighted by Gasteiger charge is 2.33. The van der Waals surface area contributed by atoms with Crippen molar-refractivity contribution in [2.45, 2.75) is 52.5 Å². The van der Waals surface area contributed by atoms with Crippen LogP contribution in [0.15, 0.2) is 11.0 Å². The molecular formula is C19H30N4O2. The first kappa shape index (κ1) is 18.1. The normalized spacial score (nSPS) is 22.2. The van der Waals surface area contributed by atoms with Crippen LogP contribution >= 0.6 is 0 Å². The fourth-order valence-electron chi connectivity index (χ4n) is 3.69. The van der Waals surface area contributed by atoms with E-state index >= 15 is 0 Å². The van der Waals surface area contributed by atoms with Gasteiger partial charge in [-0.2, -0.15) is 0 Å². The van der Waals surface area contributed by atoms with Crippen molar-refractivity contribution in [2.24, 2.45) is 11.8 Å².